The first kappa shape index (κ1) is 20.0. The van der Waals surface area contributed by atoms with Gasteiger partial charge in [0.2, 0.25) is 0 Å². The quantitative estimate of drug-likeness (QED) is 0.390. The van der Waals surface area contributed by atoms with Gasteiger partial charge >= 0.3 is 0 Å². The van der Waals surface area contributed by atoms with Crippen LogP contribution < -0.4 is 5.32 Å². The van der Waals surface area contributed by atoms with Crippen LogP contribution in [0.15, 0.2) is 0 Å². The number of nitrogens with one attached hydrogen (secondary N) is 1. The Hall–Kier alpha value is -0.0400. The van der Waals surface area contributed by atoms with Crippen LogP contribution in [0, 0.1) is 5.41 Å². The lowest BCUT2D eigenvalue weighted by molar-refractivity contribution is 0.167. The van der Waals surface area contributed by atoms with E-state index in [0.29, 0.717) is 11.0 Å². The molecular formula is C19H41N. The monoisotopic (exact) mass is 283 g/mol. The number of rotatable bonds is 13. The predicted octanol–water partition coefficient (Wildman–Crippen LogP) is 6.32. The molecule has 1 nitrogen and oxygen atoms in total. The number of hydrogen-bond donors (Lipinski definition) is 1. The van der Waals surface area contributed by atoms with Crippen molar-refractivity contribution in [2.45, 2.75) is 111 Å². The van der Waals surface area contributed by atoms with E-state index in [1.165, 1.54) is 70.8 Å². The van der Waals surface area contributed by atoms with Gasteiger partial charge in [-0.15, -0.1) is 0 Å². The van der Waals surface area contributed by atoms with E-state index >= 15 is 0 Å². The topological polar surface area (TPSA) is 12.0 Å². The van der Waals surface area contributed by atoms with Gasteiger partial charge in [0.05, 0.1) is 0 Å². The van der Waals surface area contributed by atoms with Gasteiger partial charge in [-0.1, -0.05) is 60.3 Å². The summed E-state index contributed by atoms with van der Waals surface area (Å²) < 4.78 is 0. The highest BCUT2D eigenvalue weighted by Gasteiger charge is 2.30. The van der Waals surface area contributed by atoms with Crippen LogP contribution in [-0.2, 0) is 0 Å². The first-order valence-corrected chi connectivity index (χ1v) is 9.26. The molecule has 0 heterocycles. The maximum Gasteiger partial charge on any atom is 0.0150 e. The lowest BCUT2D eigenvalue weighted by atomic mass is 9.71. The number of unbranched alkanes of at least 4 members (excludes halogenated alkanes) is 1. The minimum atomic E-state index is 0.344. The van der Waals surface area contributed by atoms with Gasteiger partial charge in [0.25, 0.3) is 0 Å². The molecule has 1 unspecified atom stereocenters. The summed E-state index contributed by atoms with van der Waals surface area (Å²) in [6.07, 6.45) is 13.4. The molecule has 1 atom stereocenters. The lowest BCUT2D eigenvalue weighted by Gasteiger charge is -2.38. The SMILES string of the molecule is CCCCNC(C)(CC)CCC(CC)(CCC)CCC. The normalized spacial score (nSPS) is 15.3. The first-order valence-electron chi connectivity index (χ1n) is 9.26. The Morgan fingerprint density at radius 3 is 1.70 bits per heavy atom. The smallest absolute Gasteiger partial charge is 0.0150 e. The van der Waals surface area contributed by atoms with Gasteiger partial charge in [-0.25, -0.2) is 0 Å². The van der Waals surface area contributed by atoms with E-state index in [4.69, 9.17) is 0 Å². The lowest BCUT2D eigenvalue weighted by Crippen LogP contribution is -2.43. The van der Waals surface area contributed by atoms with Gasteiger partial charge in [0.15, 0.2) is 0 Å². The molecule has 20 heavy (non-hydrogen) atoms. The van der Waals surface area contributed by atoms with E-state index in [2.05, 4.69) is 46.9 Å². The molecule has 0 radical (unpaired) electrons. The highest BCUT2D eigenvalue weighted by molar-refractivity contribution is 4.86. The maximum atomic E-state index is 3.83. The Morgan fingerprint density at radius 2 is 1.30 bits per heavy atom. The molecule has 0 bridgehead atoms. The van der Waals surface area contributed by atoms with Crippen LogP contribution in [0.3, 0.4) is 0 Å². The molecule has 0 spiro atoms. The molecule has 122 valence electrons. The largest absolute Gasteiger partial charge is 0.312 e. The van der Waals surface area contributed by atoms with Gasteiger partial charge in [0.1, 0.15) is 0 Å². The Balaban J connectivity index is 4.53. The fourth-order valence-corrected chi connectivity index (χ4v) is 3.46. The van der Waals surface area contributed by atoms with Gasteiger partial charge in [-0.05, 0) is 57.4 Å². The molecule has 0 aromatic rings. The van der Waals surface area contributed by atoms with Crippen molar-refractivity contribution in [2.24, 2.45) is 5.41 Å². The minimum Gasteiger partial charge on any atom is -0.312 e. The van der Waals surface area contributed by atoms with Crippen LogP contribution in [0.25, 0.3) is 0 Å². The Morgan fingerprint density at radius 1 is 0.700 bits per heavy atom. The highest BCUT2D eigenvalue weighted by atomic mass is 15.0. The molecular weight excluding hydrogens is 242 g/mol. The number of hydrogen-bond acceptors (Lipinski definition) is 1. The van der Waals surface area contributed by atoms with Crippen molar-refractivity contribution in [3.63, 3.8) is 0 Å². The van der Waals surface area contributed by atoms with Gasteiger partial charge in [-0.3, -0.25) is 0 Å². The fraction of sp³-hybridized carbons (Fsp3) is 1.00. The Bertz CT molecular complexity index is 218. The van der Waals surface area contributed by atoms with Crippen LogP contribution in [0.1, 0.15) is 106 Å². The molecule has 1 N–H and O–H groups in total. The van der Waals surface area contributed by atoms with Crippen LogP contribution >= 0.6 is 0 Å². The third kappa shape index (κ3) is 7.11. The maximum absolute atomic E-state index is 3.83. The predicted molar refractivity (Wildman–Crippen MR) is 93.4 cm³/mol. The molecule has 0 aromatic heterocycles. The average molecular weight is 284 g/mol. The second-order valence-corrected chi connectivity index (χ2v) is 7.05. The van der Waals surface area contributed by atoms with Crippen molar-refractivity contribution < 1.29 is 0 Å². The van der Waals surface area contributed by atoms with Crippen LogP contribution in [-0.4, -0.2) is 12.1 Å². The van der Waals surface area contributed by atoms with Crippen LogP contribution in [0.4, 0.5) is 0 Å². The van der Waals surface area contributed by atoms with Gasteiger partial charge in [-0.2, -0.15) is 0 Å². The standard InChI is InChI=1S/C19H41N/c1-7-12-17-20-18(6,10-4)15-16-19(11-5,13-8-2)14-9-3/h20H,7-17H2,1-6H3. The van der Waals surface area contributed by atoms with Crippen LogP contribution in [0.2, 0.25) is 0 Å². The Kier molecular flexibility index (Phi) is 10.6. The summed E-state index contributed by atoms with van der Waals surface area (Å²) in [4.78, 5) is 0. The zero-order chi connectivity index (χ0) is 15.5. The van der Waals surface area contributed by atoms with E-state index < -0.39 is 0 Å². The van der Waals surface area contributed by atoms with E-state index in [9.17, 15) is 0 Å². The molecule has 0 amide bonds. The van der Waals surface area contributed by atoms with Crippen molar-refractivity contribution in [3.8, 4) is 0 Å². The van der Waals surface area contributed by atoms with Gasteiger partial charge in [0, 0.05) is 5.54 Å². The second-order valence-electron chi connectivity index (χ2n) is 7.05. The third-order valence-electron chi connectivity index (χ3n) is 5.38. The molecule has 0 aliphatic heterocycles. The summed E-state index contributed by atoms with van der Waals surface area (Å²) in [5.74, 6) is 0. The Labute approximate surface area is 129 Å². The minimum absolute atomic E-state index is 0.344. The van der Waals surface area contributed by atoms with E-state index in [-0.39, 0.29) is 0 Å². The summed E-state index contributed by atoms with van der Waals surface area (Å²) in [5, 5.41) is 3.83. The van der Waals surface area contributed by atoms with Gasteiger partial charge < -0.3 is 5.32 Å². The second kappa shape index (κ2) is 10.7. The molecule has 1 heteroatoms. The molecule has 0 fully saturated rings. The van der Waals surface area contributed by atoms with Crippen molar-refractivity contribution in [3.05, 3.63) is 0 Å². The molecule has 0 aromatic carbocycles. The van der Waals surface area contributed by atoms with Crippen molar-refractivity contribution in [2.75, 3.05) is 6.54 Å². The zero-order valence-electron chi connectivity index (χ0n) is 15.3. The van der Waals surface area contributed by atoms with E-state index in [1.807, 2.05) is 0 Å². The van der Waals surface area contributed by atoms with Crippen molar-refractivity contribution in [1.82, 2.24) is 5.32 Å². The average Bonchev–Trinajstić information content (AvgIpc) is 2.45. The van der Waals surface area contributed by atoms with Crippen LogP contribution in [0.5, 0.6) is 0 Å². The van der Waals surface area contributed by atoms with Crippen molar-refractivity contribution in [1.29, 1.82) is 0 Å². The molecule has 0 aliphatic rings. The summed E-state index contributed by atoms with van der Waals surface area (Å²) in [6.45, 7) is 15.3. The summed E-state index contributed by atoms with van der Waals surface area (Å²) in [7, 11) is 0. The summed E-state index contributed by atoms with van der Waals surface area (Å²) in [5.41, 5.74) is 0.948. The third-order valence-corrected chi connectivity index (χ3v) is 5.38. The summed E-state index contributed by atoms with van der Waals surface area (Å²) in [6, 6.07) is 0. The summed E-state index contributed by atoms with van der Waals surface area (Å²) >= 11 is 0. The molecule has 0 saturated heterocycles. The molecule has 0 saturated carbocycles. The fourth-order valence-electron chi connectivity index (χ4n) is 3.46. The van der Waals surface area contributed by atoms with E-state index in [0.717, 1.165) is 0 Å². The zero-order valence-corrected chi connectivity index (χ0v) is 15.3. The molecule has 0 rings (SSSR count). The molecule has 0 aliphatic carbocycles. The van der Waals surface area contributed by atoms with E-state index in [1.54, 1.807) is 0 Å². The van der Waals surface area contributed by atoms with Crippen molar-refractivity contribution >= 4 is 0 Å². The highest BCUT2D eigenvalue weighted by Crippen LogP contribution is 2.40. The first-order chi connectivity index (χ1) is 9.51.